The molecule has 0 heterocycles. The fraction of sp³-hybridized carbons (Fsp3) is 0.871. The average molecular weight is 495 g/mol. The molecule has 0 saturated heterocycles. The Morgan fingerprint density at radius 3 is 1.31 bits per heavy atom. The molecule has 0 aromatic rings. The molecule has 0 fully saturated rings. The maximum Gasteiger partial charge on any atom is 0.306 e. The van der Waals surface area contributed by atoms with E-state index in [1.54, 1.807) is 0 Å². The van der Waals surface area contributed by atoms with E-state index in [4.69, 9.17) is 9.47 Å². The molecule has 206 valence electrons. The minimum atomic E-state index is -0.111. The second kappa shape index (κ2) is 28.9. The van der Waals surface area contributed by atoms with Crippen LogP contribution in [0.1, 0.15) is 162 Å². The Labute approximate surface area is 218 Å². The van der Waals surface area contributed by atoms with Gasteiger partial charge < -0.3 is 9.47 Å². The maximum absolute atomic E-state index is 11.8. The molecule has 0 spiro atoms. The molecule has 0 aromatic carbocycles. The Hall–Kier alpha value is -1.32. The van der Waals surface area contributed by atoms with E-state index in [1.807, 2.05) is 19.1 Å². The summed E-state index contributed by atoms with van der Waals surface area (Å²) in [6.45, 7) is 5.15. The van der Waals surface area contributed by atoms with Crippen LogP contribution in [0, 0.1) is 0 Å². The van der Waals surface area contributed by atoms with E-state index < -0.39 is 0 Å². The van der Waals surface area contributed by atoms with Crippen molar-refractivity contribution in [3.63, 3.8) is 0 Å². The number of rotatable bonds is 27. The van der Waals surface area contributed by atoms with Crippen LogP contribution in [0.15, 0.2) is 12.2 Å². The summed E-state index contributed by atoms with van der Waals surface area (Å²) in [6.07, 6.45) is 31.1. The standard InChI is InChI=1S/C31H58O4/c1-3-5-7-8-9-10-11-12-13-14-15-16-19-22-25-29-35-31(33)27-24-21-18-17-20-23-26-30(32)34-28-6-4-2/h4,6H,3,5,7-29H2,1-2H3/b6-4+. The SMILES string of the molecule is C/C=C/COC(=O)CCCCCCCCC(=O)OCCCCCCCCCCCCCCCCC. The zero-order valence-electron chi connectivity index (χ0n) is 23.5. The van der Waals surface area contributed by atoms with Crippen molar-refractivity contribution in [2.75, 3.05) is 13.2 Å². The molecular weight excluding hydrogens is 436 g/mol. The Balaban J connectivity index is 3.21. The molecule has 0 bridgehead atoms. The van der Waals surface area contributed by atoms with Gasteiger partial charge in [-0.3, -0.25) is 9.59 Å². The lowest BCUT2D eigenvalue weighted by Gasteiger charge is -2.06. The van der Waals surface area contributed by atoms with Gasteiger partial charge in [-0.05, 0) is 26.2 Å². The first kappa shape index (κ1) is 33.7. The third kappa shape index (κ3) is 28.8. The quantitative estimate of drug-likeness (QED) is 0.0648. The normalized spacial score (nSPS) is 11.3. The molecule has 0 atom stereocenters. The van der Waals surface area contributed by atoms with Crippen LogP contribution in [0.25, 0.3) is 0 Å². The number of hydrogen-bond donors (Lipinski definition) is 0. The second-order valence-corrected chi connectivity index (χ2v) is 10.0. The zero-order valence-corrected chi connectivity index (χ0v) is 23.5. The number of carbonyl (C=O) groups is 2. The molecule has 0 aliphatic heterocycles. The highest BCUT2D eigenvalue weighted by atomic mass is 16.5. The Morgan fingerprint density at radius 1 is 0.514 bits per heavy atom. The van der Waals surface area contributed by atoms with Gasteiger partial charge in [-0.25, -0.2) is 0 Å². The molecule has 0 aliphatic carbocycles. The Kier molecular flexibility index (Phi) is 27.8. The molecule has 0 radical (unpaired) electrons. The lowest BCUT2D eigenvalue weighted by atomic mass is 10.0. The van der Waals surface area contributed by atoms with Gasteiger partial charge in [-0.15, -0.1) is 0 Å². The molecular formula is C31H58O4. The maximum atomic E-state index is 11.8. The fourth-order valence-corrected chi connectivity index (χ4v) is 4.29. The van der Waals surface area contributed by atoms with Crippen LogP contribution in [-0.2, 0) is 19.1 Å². The van der Waals surface area contributed by atoms with E-state index in [0.717, 1.165) is 44.9 Å². The van der Waals surface area contributed by atoms with E-state index in [2.05, 4.69) is 6.92 Å². The summed E-state index contributed by atoms with van der Waals surface area (Å²) in [7, 11) is 0. The summed E-state index contributed by atoms with van der Waals surface area (Å²) in [5.74, 6) is -0.154. The van der Waals surface area contributed by atoms with Gasteiger partial charge in [0.15, 0.2) is 0 Å². The Morgan fingerprint density at radius 2 is 0.886 bits per heavy atom. The number of esters is 2. The van der Waals surface area contributed by atoms with Crippen molar-refractivity contribution in [1.29, 1.82) is 0 Å². The van der Waals surface area contributed by atoms with E-state index in [-0.39, 0.29) is 11.9 Å². The summed E-state index contributed by atoms with van der Waals surface area (Å²) in [4.78, 5) is 23.3. The zero-order chi connectivity index (χ0) is 25.7. The van der Waals surface area contributed by atoms with Gasteiger partial charge in [-0.1, -0.05) is 135 Å². The van der Waals surface area contributed by atoms with E-state index in [0.29, 0.717) is 26.1 Å². The van der Waals surface area contributed by atoms with Crippen LogP contribution >= 0.6 is 0 Å². The summed E-state index contributed by atoms with van der Waals surface area (Å²) < 4.78 is 10.4. The van der Waals surface area contributed by atoms with Crippen LogP contribution in [0.3, 0.4) is 0 Å². The molecule has 0 N–H and O–H groups in total. The van der Waals surface area contributed by atoms with Gasteiger partial charge in [0.2, 0.25) is 0 Å². The van der Waals surface area contributed by atoms with E-state index in [1.165, 1.54) is 89.9 Å². The minimum absolute atomic E-state index is 0.0424. The summed E-state index contributed by atoms with van der Waals surface area (Å²) >= 11 is 0. The van der Waals surface area contributed by atoms with Gasteiger partial charge in [0, 0.05) is 12.8 Å². The number of hydrogen-bond acceptors (Lipinski definition) is 4. The third-order valence-corrected chi connectivity index (χ3v) is 6.60. The number of carbonyl (C=O) groups excluding carboxylic acids is 2. The van der Waals surface area contributed by atoms with E-state index >= 15 is 0 Å². The van der Waals surface area contributed by atoms with E-state index in [9.17, 15) is 9.59 Å². The minimum Gasteiger partial charge on any atom is -0.466 e. The average Bonchev–Trinajstić information content (AvgIpc) is 2.85. The van der Waals surface area contributed by atoms with Gasteiger partial charge in [-0.2, -0.15) is 0 Å². The number of allylic oxidation sites excluding steroid dienone is 1. The lowest BCUT2D eigenvalue weighted by molar-refractivity contribution is -0.144. The van der Waals surface area contributed by atoms with Crippen LogP contribution in [-0.4, -0.2) is 25.2 Å². The molecule has 4 nitrogen and oxygen atoms in total. The predicted molar refractivity (Wildman–Crippen MR) is 149 cm³/mol. The first-order valence-corrected chi connectivity index (χ1v) is 15.1. The van der Waals surface area contributed by atoms with Crippen molar-refractivity contribution in [2.24, 2.45) is 0 Å². The first-order valence-electron chi connectivity index (χ1n) is 15.1. The molecule has 0 aromatic heterocycles. The largest absolute Gasteiger partial charge is 0.466 e. The third-order valence-electron chi connectivity index (χ3n) is 6.60. The molecule has 0 aliphatic rings. The molecule has 0 rings (SSSR count). The van der Waals surface area contributed by atoms with Crippen molar-refractivity contribution in [3.8, 4) is 0 Å². The first-order chi connectivity index (χ1) is 17.2. The number of unbranched alkanes of at least 4 members (excludes halogenated alkanes) is 19. The van der Waals surface area contributed by atoms with Crippen LogP contribution in [0.5, 0.6) is 0 Å². The number of ether oxygens (including phenoxy) is 2. The molecule has 35 heavy (non-hydrogen) atoms. The second-order valence-electron chi connectivity index (χ2n) is 10.0. The lowest BCUT2D eigenvalue weighted by Crippen LogP contribution is -2.05. The molecule has 0 amide bonds. The highest BCUT2D eigenvalue weighted by molar-refractivity contribution is 5.69. The Bertz CT molecular complexity index is 486. The van der Waals surface area contributed by atoms with Crippen molar-refractivity contribution < 1.29 is 19.1 Å². The summed E-state index contributed by atoms with van der Waals surface area (Å²) in [6, 6.07) is 0. The topological polar surface area (TPSA) is 52.6 Å². The summed E-state index contributed by atoms with van der Waals surface area (Å²) in [5, 5.41) is 0. The summed E-state index contributed by atoms with van der Waals surface area (Å²) in [5.41, 5.74) is 0. The highest BCUT2D eigenvalue weighted by Gasteiger charge is 2.04. The van der Waals surface area contributed by atoms with Crippen LogP contribution in [0.2, 0.25) is 0 Å². The molecule has 4 heteroatoms. The van der Waals surface area contributed by atoms with Crippen LogP contribution in [0.4, 0.5) is 0 Å². The monoisotopic (exact) mass is 494 g/mol. The molecule has 0 unspecified atom stereocenters. The fourth-order valence-electron chi connectivity index (χ4n) is 4.29. The van der Waals surface area contributed by atoms with Crippen LogP contribution < -0.4 is 0 Å². The van der Waals surface area contributed by atoms with Crippen molar-refractivity contribution in [1.82, 2.24) is 0 Å². The smallest absolute Gasteiger partial charge is 0.306 e. The highest BCUT2D eigenvalue weighted by Crippen LogP contribution is 2.14. The van der Waals surface area contributed by atoms with Gasteiger partial charge in [0.1, 0.15) is 6.61 Å². The van der Waals surface area contributed by atoms with Crippen molar-refractivity contribution in [2.45, 2.75) is 162 Å². The van der Waals surface area contributed by atoms with Crippen molar-refractivity contribution in [3.05, 3.63) is 12.2 Å². The van der Waals surface area contributed by atoms with Gasteiger partial charge in [0.25, 0.3) is 0 Å². The van der Waals surface area contributed by atoms with Gasteiger partial charge >= 0.3 is 11.9 Å². The predicted octanol–water partition coefficient (Wildman–Crippen LogP) is 9.64. The van der Waals surface area contributed by atoms with Gasteiger partial charge in [0.05, 0.1) is 6.61 Å². The molecule has 0 saturated carbocycles. The van der Waals surface area contributed by atoms with Crippen molar-refractivity contribution >= 4 is 11.9 Å².